The van der Waals surface area contributed by atoms with Crippen molar-refractivity contribution < 1.29 is 9.47 Å². The largest absolute Gasteiger partial charge is 0.493 e. The Morgan fingerprint density at radius 2 is 1.86 bits per heavy atom. The van der Waals surface area contributed by atoms with Crippen LogP contribution in [0.5, 0.6) is 11.5 Å². The van der Waals surface area contributed by atoms with Crippen molar-refractivity contribution in [3.63, 3.8) is 0 Å². The molecule has 0 radical (unpaired) electrons. The fourth-order valence-corrected chi connectivity index (χ4v) is 3.27. The average Bonchev–Trinajstić information content (AvgIpc) is 2.94. The molecule has 0 amide bonds. The van der Waals surface area contributed by atoms with E-state index in [2.05, 4.69) is 28.3 Å². The van der Waals surface area contributed by atoms with E-state index in [-0.39, 0.29) is 24.0 Å². The van der Waals surface area contributed by atoms with E-state index in [0.717, 1.165) is 22.6 Å². The minimum Gasteiger partial charge on any atom is -0.493 e. The summed E-state index contributed by atoms with van der Waals surface area (Å²) in [5.74, 6) is 2.08. The first kappa shape index (κ1) is 25.5. The van der Waals surface area contributed by atoms with Crippen LogP contribution in [-0.2, 0) is 26.6 Å². The number of nitrogens with zero attached hydrogens (tertiary/aromatic N) is 2. The molecular formula is C20H27Cl2IN4O2. The first-order valence-corrected chi connectivity index (χ1v) is 9.49. The number of rotatable bonds is 8. The van der Waals surface area contributed by atoms with E-state index < -0.39 is 0 Å². The molecule has 0 unspecified atom stereocenters. The van der Waals surface area contributed by atoms with Gasteiger partial charge < -0.3 is 24.7 Å². The molecule has 0 saturated carbocycles. The molecule has 0 spiro atoms. The number of allylic oxidation sites excluding steroid dienone is 1. The van der Waals surface area contributed by atoms with Crippen LogP contribution >= 0.6 is 47.2 Å². The molecular weight excluding hydrogens is 526 g/mol. The SMILES string of the molecule is C=CCc1cc(CNC(=NC)NCc2cc(Cl)c(Cl)n2C)cc(OC)c1OC.I. The zero-order valence-corrected chi connectivity index (χ0v) is 20.9. The molecule has 6 nitrogen and oxygen atoms in total. The van der Waals surface area contributed by atoms with Gasteiger partial charge in [-0.05, 0) is 30.2 Å². The Bertz CT molecular complexity index is 869. The van der Waals surface area contributed by atoms with Crippen LogP contribution < -0.4 is 20.1 Å². The number of hydrogen-bond donors (Lipinski definition) is 2. The molecule has 0 bridgehead atoms. The summed E-state index contributed by atoms with van der Waals surface area (Å²) in [7, 11) is 6.85. The Hall–Kier alpha value is -1.58. The topological polar surface area (TPSA) is 59.8 Å². The number of aromatic nitrogens is 1. The monoisotopic (exact) mass is 552 g/mol. The Morgan fingerprint density at radius 1 is 1.17 bits per heavy atom. The maximum Gasteiger partial charge on any atom is 0.191 e. The summed E-state index contributed by atoms with van der Waals surface area (Å²) in [5, 5.41) is 7.60. The van der Waals surface area contributed by atoms with Gasteiger partial charge in [0.15, 0.2) is 17.5 Å². The number of methoxy groups -OCH3 is 2. The minimum absolute atomic E-state index is 0. The number of aliphatic imine (C=N–C) groups is 1. The number of ether oxygens (including phenoxy) is 2. The van der Waals surface area contributed by atoms with Gasteiger partial charge in [-0.15, -0.1) is 30.6 Å². The molecule has 1 aromatic carbocycles. The molecule has 9 heteroatoms. The number of hydrogen-bond acceptors (Lipinski definition) is 3. The van der Waals surface area contributed by atoms with Crippen LogP contribution in [0.3, 0.4) is 0 Å². The van der Waals surface area contributed by atoms with Crippen molar-refractivity contribution in [2.24, 2.45) is 12.0 Å². The molecule has 2 N–H and O–H groups in total. The van der Waals surface area contributed by atoms with Crippen molar-refractivity contribution in [2.45, 2.75) is 19.5 Å². The van der Waals surface area contributed by atoms with Gasteiger partial charge in [-0.25, -0.2) is 0 Å². The average molecular weight is 553 g/mol. The van der Waals surface area contributed by atoms with E-state index in [9.17, 15) is 0 Å². The van der Waals surface area contributed by atoms with Crippen molar-refractivity contribution in [3.05, 3.63) is 57.9 Å². The Morgan fingerprint density at radius 3 is 2.38 bits per heavy atom. The van der Waals surface area contributed by atoms with Gasteiger partial charge in [0.05, 0.1) is 25.8 Å². The fourth-order valence-electron chi connectivity index (χ4n) is 2.85. The third-order valence-corrected chi connectivity index (χ3v) is 5.16. The van der Waals surface area contributed by atoms with Gasteiger partial charge in [-0.2, -0.15) is 0 Å². The van der Waals surface area contributed by atoms with Crippen LogP contribution in [0, 0.1) is 0 Å². The smallest absolute Gasteiger partial charge is 0.191 e. The Kier molecular flexibility index (Phi) is 10.7. The lowest BCUT2D eigenvalue weighted by atomic mass is 10.1. The zero-order chi connectivity index (χ0) is 20.7. The summed E-state index contributed by atoms with van der Waals surface area (Å²) < 4.78 is 12.8. The highest BCUT2D eigenvalue weighted by Gasteiger charge is 2.13. The highest BCUT2D eigenvalue weighted by atomic mass is 127. The van der Waals surface area contributed by atoms with Crippen molar-refractivity contribution >= 4 is 53.1 Å². The van der Waals surface area contributed by atoms with Gasteiger partial charge in [0.2, 0.25) is 0 Å². The van der Waals surface area contributed by atoms with Crippen molar-refractivity contribution in [1.82, 2.24) is 15.2 Å². The van der Waals surface area contributed by atoms with Crippen LogP contribution in [0.25, 0.3) is 0 Å². The molecule has 0 saturated heterocycles. The highest BCUT2D eigenvalue weighted by molar-refractivity contribution is 14.0. The van der Waals surface area contributed by atoms with E-state index in [1.807, 2.05) is 29.8 Å². The van der Waals surface area contributed by atoms with Gasteiger partial charge >= 0.3 is 0 Å². The maximum atomic E-state index is 6.11. The first-order chi connectivity index (χ1) is 13.4. The molecule has 0 aliphatic heterocycles. The molecule has 0 aliphatic carbocycles. The van der Waals surface area contributed by atoms with Crippen LogP contribution in [0.2, 0.25) is 10.2 Å². The number of nitrogens with one attached hydrogen (secondary N) is 2. The Balaban J connectivity index is 0.00000420. The summed E-state index contributed by atoms with van der Waals surface area (Å²) in [6.45, 7) is 4.92. The maximum absolute atomic E-state index is 6.11. The summed E-state index contributed by atoms with van der Waals surface area (Å²) >= 11 is 12.2. The van der Waals surface area contributed by atoms with E-state index in [1.165, 1.54) is 0 Å². The molecule has 2 rings (SSSR count). The second-order valence-corrected chi connectivity index (χ2v) is 6.86. The van der Waals surface area contributed by atoms with Crippen molar-refractivity contribution in [1.29, 1.82) is 0 Å². The fraction of sp³-hybridized carbons (Fsp3) is 0.350. The van der Waals surface area contributed by atoms with Gasteiger partial charge in [-0.1, -0.05) is 29.3 Å². The lowest BCUT2D eigenvalue weighted by molar-refractivity contribution is 0.352. The number of halogens is 3. The summed E-state index contributed by atoms with van der Waals surface area (Å²) in [6, 6.07) is 5.85. The number of guanidine groups is 1. The second kappa shape index (κ2) is 12.2. The third-order valence-electron chi connectivity index (χ3n) is 4.32. The summed E-state index contributed by atoms with van der Waals surface area (Å²) in [5.41, 5.74) is 3.02. The van der Waals surface area contributed by atoms with Crippen molar-refractivity contribution in [3.8, 4) is 11.5 Å². The Labute approximate surface area is 199 Å². The summed E-state index contributed by atoms with van der Waals surface area (Å²) in [4.78, 5) is 4.26. The van der Waals surface area contributed by atoms with Crippen LogP contribution in [0.4, 0.5) is 0 Å². The predicted octanol–water partition coefficient (Wildman–Crippen LogP) is 4.56. The van der Waals surface area contributed by atoms with Gasteiger partial charge in [0.1, 0.15) is 5.15 Å². The first-order valence-electron chi connectivity index (χ1n) is 8.73. The molecule has 0 atom stereocenters. The molecule has 0 aliphatic rings. The number of benzene rings is 1. The lowest BCUT2D eigenvalue weighted by Crippen LogP contribution is -2.36. The second-order valence-electron chi connectivity index (χ2n) is 6.10. The third kappa shape index (κ3) is 6.45. The van der Waals surface area contributed by atoms with Gasteiger partial charge in [0.25, 0.3) is 0 Å². The summed E-state index contributed by atoms with van der Waals surface area (Å²) in [6.07, 6.45) is 2.53. The molecule has 1 heterocycles. The van der Waals surface area contributed by atoms with E-state index in [0.29, 0.717) is 41.4 Å². The standard InChI is InChI=1S/C20H26Cl2N4O2.HI/c1-6-7-14-8-13(9-17(27-4)18(14)28-5)11-24-20(23-2)25-12-15-10-16(21)19(22)26(15)3;/h6,8-10H,1,7,11-12H2,2-5H3,(H2,23,24,25);1H. The van der Waals surface area contributed by atoms with E-state index >= 15 is 0 Å². The minimum atomic E-state index is 0. The van der Waals surface area contributed by atoms with Gasteiger partial charge in [-0.3, -0.25) is 4.99 Å². The van der Waals surface area contributed by atoms with Gasteiger partial charge in [0, 0.05) is 31.9 Å². The normalized spacial score (nSPS) is 10.9. The lowest BCUT2D eigenvalue weighted by Gasteiger charge is -2.16. The van der Waals surface area contributed by atoms with Crippen LogP contribution in [-0.4, -0.2) is 31.8 Å². The molecule has 160 valence electrons. The highest BCUT2D eigenvalue weighted by Crippen LogP contribution is 2.33. The molecule has 0 fully saturated rings. The van der Waals surface area contributed by atoms with Crippen LogP contribution in [0.15, 0.2) is 35.8 Å². The molecule has 2 aromatic rings. The molecule has 1 aromatic heterocycles. The predicted molar refractivity (Wildman–Crippen MR) is 131 cm³/mol. The molecule has 29 heavy (non-hydrogen) atoms. The zero-order valence-electron chi connectivity index (χ0n) is 17.0. The van der Waals surface area contributed by atoms with E-state index in [1.54, 1.807) is 21.3 Å². The van der Waals surface area contributed by atoms with E-state index in [4.69, 9.17) is 32.7 Å². The quantitative estimate of drug-likeness (QED) is 0.218. The van der Waals surface area contributed by atoms with Crippen molar-refractivity contribution in [2.75, 3.05) is 21.3 Å². The van der Waals surface area contributed by atoms with Crippen LogP contribution in [0.1, 0.15) is 16.8 Å².